The summed E-state index contributed by atoms with van der Waals surface area (Å²) >= 11 is 1.74. The topological polar surface area (TPSA) is 21.3 Å². The van der Waals surface area contributed by atoms with E-state index in [1.54, 1.807) is 17.8 Å². The van der Waals surface area contributed by atoms with Crippen LogP contribution in [0.2, 0.25) is 0 Å². The molecule has 0 spiro atoms. The lowest BCUT2D eigenvalue weighted by Gasteiger charge is -2.23. The Bertz CT molecular complexity index is 356. The quantitative estimate of drug-likeness (QED) is 0.775. The Kier molecular flexibility index (Phi) is 2.54. The van der Waals surface area contributed by atoms with Gasteiger partial charge in [-0.15, -0.1) is 11.8 Å². The number of methoxy groups -OCH3 is 1. The van der Waals surface area contributed by atoms with E-state index in [0.29, 0.717) is 11.0 Å². The first-order valence-electron chi connectivity index (χ1n) is 4.49. The fraction of sp³-hybridized carbons (Fsp3) is 0.400. The first kappa shape index (κ1) is 9.65. The third-order valence-electron chi connectivity index (χ3n) is 2.16. The number of hydrogen-bond acceptors (Lipinski definition) is 3. The molecule has 0 fully saturated rings. The second-order valence-corrected chi connectivity index (χ2v) is 4.77. The van der Waals surface area contributed by atoms with Crippen LogP contribution in [0.15, 0.2) is 17.0 Å². The molecule has 0 aliphatic carbocycles. The molecule has 0 bridgehead atoms. The number of benzene rings is 1. The summed E-state index contributed by atoms with van der Waals surface area (Å²) in [6.07, 6.45) is 0. The Hall–Kier alpha value is -0.900. The molecule has 2 nitrogen and oxygen atoms in total. The molecule has 1 unspecified atom stereocenters. The molecule has 0 saturated heterocycles. The Labute approximate surface area is 86.8 Å². The fourth-order valence-corrected chi connectivity index (χ4v) is 2.47. The van der Waals surface area contributed by atoms with Crippen LogP contribution in [-0.4, -0.2) is 18.9 Å². The molecule has 14 heavy (non-hydrogen) atoms. The molecule has 0 amide bonds. The van der Waals surface area contributed by atoms with E-state index in [1.165, 1.54) is 13.2 Å². The molecule has 1 aliphatic heterocycles. The van der Waals surface area contributed by atoms with Crippen molar-refractivity contribution in [2.75, 3.05) is 19.0 Å². The van der Waals surface area contributed by atoms with Gasteiger partial charge in [-0.2, -0.15) is 0 Å². The van der Waals surface area contributed by atoms with E-state index >= 15 is 0 Å². The molecule has 0 aromatic heterocycles. The van der Waals surface area contributed by atoms with Crippen molar-refractivity contribution in [3.63, 3.8) is 0 Å². The van der Waals surface area contributed by atoms with Crippen molar-refractivity contribution in [3.05, 3.63) is 17.9 Å². The second-order valence-electron chi connectivity index (χ2n) is 3.29. The van der Waals surface area contributed by atoms with Crippen molar-refractivity contribution in [1.29, 1.82) is 0 Å². The summed E-state index contributed by atoms with van der Waals surface area (Å²) in [7, 11) is 1.48. The largest absolute Gasteiger partial charge is 0.494 e. The minimum atomic E-state index is -0.311. The number of anilines is 1. The van der Waals surface area contributed by atoms with Crippen molar-refractivity contribution in [1.82, 2.24) is 0 Å². The average molecular weight is 213 g/mol. The monoisotopic (exact) mass is 213 g/mol. The number of fused-ring (bicyclic) bond motifs is 1. The highest BCUT2D eigenvalue weighted by Gasteiger charge is 2.17. The van der Waals surface area contributed by atoms with Crippen LogP contribution in [0.1, 0.15) is 6.92 Å². The Morgan fingerprint density at radius 2 is 2.36 bits per heavy atom. The fourth-order valence-electron chi connectivity index (χ4n) is 1.44. The molecule has 1 aliphatic rings. The minimum Gasteiger partial charge on any atom is -0.494 e. The van der Waals surface area contributed by atoms with Gasteiger partial charge < -0.3 is 10.1 Å². The predicted octanol–water partition coefficient (Wildman–Crippen LogP) is 2.74. The molecule has 0 saturated carbocycles. The van der Waals surface area contributed by atoms with Gasteiger partial charge in [0.05, 0.1) is 12.8 Å². The standard InChI is InChI=1S/C10H12FNOS/c1-6-5-12-8-3-7(11)9(13-2)4-10(8)14-6/h3-4,6,12H,5H2,1-2H3. The van der Waals surface area contributed by atoms with E-state index < -0.39 is 0 Å². The van der Waals surface area contributed by atoms with E-state index in [1.807, 2.05) is 0 Å². The first-order chi connectivity index (χ1) is 6.70. The van der Waals surface area contributed by atoms with Crippen LogP contribution in [0.3, 0.4) is 0 Å². The van der Waals surface area contributed by atoms with E-state index in [2.05, 4.69) is 12.2 Å². The van der Waals surface area contributed by atoms with Gasteiger partial charge in [-0.25, -0.2) is 4.39 Å². The van der Waals surface area contributed by atoms with Gasteiger partial charge in [-0.1, -0.05) is 6.92 Å². The van der Waals surface area contributed by atoms with Gasteiger partial charge in [0.25, 0.3) is 0 Å². The van der Waals surface area contributed by atoms with Gasteiger partial charge in [0.15, 0.2) is 11.6 Å². The Morgan fingerprint density at radius 3 is 3.07 bits per heavy atom. The molecular formula is C10H12FNOS. The summed E-state index contributed by atoms with van der Waals surface area (Å²) in [6, 6.07) is 3.24. The smallest absolute Gasteiger partial charge is 0.167 e. The molecule has 1 heterocycles. The van der Waals surface area contributed by atoms with Crippen LogP contribution in [0.4, 0.5) is 10.1 Å². The third kappa shape index (κ3) is 1.66. The molecule has 4 heteroatoms. The normalized spacial score (nSPS) is 19.8. The van der Waals surface area contributed by atoms with Gasteiger partial charge in [-0.05, 0) is 6.07 Å². The van der Waals surface area contributed by atoms with Crippen molar-refractivity contribution in [3.8, 4) is 5.75 Å². The van der Waals surface area contributed by atoms with Crippen molar-refractivity contribution in [2.45, 2.75) is 17.1 Å². The molecule has 1 aromatic rings. The molecular weight excluding hydrogens is 201 g/mol. The summed E-state index contributed by atoms with van der Waals surface area (Å²) in [5.74, 6) is 0.000975. The highest BCUT2D eigenvalue weighted by Crippen LogP contribution is 2.38. The third-order valence-corrected chi connectivity index (χ3v) is 3.32. The zero-order chi connectivity index (χ0) is 10.1. The van der Waals surface area contributed by atoms with E-state index in [4.69, 9.17) is 4.74 Å². The van der Waals surface area contributed by atoms with Crippen LogP contribution in [0.25, 0.3) is 0 Å². The lowest BCUT2D eigenvalue weighted by molar-refractivity contribution is 0.385. The minimum absolute atomic E-state index is 0.311. The molecule has 2 rings (SSSR count). The summed E-state index contributed by atoms with van der Waals surface area (Å²) < 4.78 is 18.2. The predicted molar refractivity (Wildman–Crippen MR) is 56.8 cm³/mol. The van der Waals surface area contributed by atoms with Crippen LogP contribution in [-0.2, 0) is 0 Å². The lowest BCUT2D eigenvalue weighted by Crippen LogP contribution is -2.18. The van der Waals surface area contributed by atoms with E-state index in [-0.39, 0.29) is 5.82 Å². The number of halogens is 1. The molecule has 0 radical (unpaired) electrons. The van der Waals surface area contributed by atoms with Crippen molar-refractivity contribution >= 4 is 17.4 Å². The van der Waals surface area contributed by atoms with Gasteiger partial charge in [0, 0.05) is 22.8 Å². The van der Waals surface area contributed by atoms with Crippen molar-refractivity contribution < 1.29 is 9.13 Å². The van der Waals surface area contributed by atoms with E-state index in [0.717, 1.165) is 17.1 Å². The van der Waals surface area contributed by atoms with Crippen molar-refractivity contribution in [2.24, 2.45) is 0 Å². The maximum atomic E-state index is 13.3. The zero-order valence-corrected chi connectivity index (χ0v) is 8.95. The SMILES string of the molecule is COc1cc2c(cc1F)NCC(C)S2. The number of hydrogen-bond donors (Lipinski definition) is 1. The molecule has 1 atom stereocenters. The number of ether oxygens (including phenoxy) is 1. The van der Waals surface area contributed by atoms with E-state index in [9.17, 15) is 4.39 Å². The average Bonchev–Trinajstić information content (AvgIpc) is 2.17. The first-order valence-corrected chi connectivity index (χ1v) is 5.36. The Balaban J connectivity index is 2.41. The number of nitrogens with one attached hydrogen (secondary N) is 1. The van der Waals surface area contributed by atoms with Crippen LogP contribution < -0.4 is 10.1 Å². The maximum Gasteiger partial charge on any atom is 0.167 e. The van der Waals surface area contributed by atoms with Gasteiger partial charge in [-0.3, -0.25) is 0 Å². The van der Waals surface area contributed by atoms with Gasteiger partial charge in [0.2, 0.25) is 0 Å². The van der Waals surface area contributed by atoms with Crippen LogP contribution >= 0.6 is 11.8 Å². The maximum absolute atomic E-state index is 13.3. The highest BCUT2D eigenvalue weighted by atomic mass is 32.2. The summed E-state index contributed by atoms with van der Waals surface area (Å²) in [5, 5.41) is 3.70. The lowest BCUT2D eigenvalue weighted by atomic mass is 10.2. The Morgan fingerprint density at radius 1 is 1.57 bits per heavy atom. The molecule has 76 valence electrons. The van der Waals surface area contributed by atoms with Gasteiger partial charge >= 0.3 is 0 Å². The second kappa shape index (κ2) is 3.69. The number of thioether (sulfide) groups is 1. The summed E-state index contributed by atoms with van der Waals surface area (Å²) in [4.78, 5) is 1.06. The van der Waals surface area contributed by atoms with Crippen LogP contribution in [0.5, 0.6) is 5.75 Å². The van der Waals surface area contributed by atoms with Gasteiger partial charge in [0.1, 0.15) is 0 Å². The summed E-state index contributed by atoms with van der Waals surface area (Å²) in [6.45, 7) is 3.01. The zero-order valence-electron chi connectivity index (χ0n) is 8.13. The molecule has 1 aromatic carbocycles. The molecule has 1 N–H and O–H groups in total. The number of rotatable bonds is 1. The highest BCUT2D eigenvalue weighted by molar-refractivity contribution is 8.00. The summed E-state index contributed by atoms with van der Waals surface area (Å²) in [5.41, 5.74) is 0.867. The van der Waals surface area contributed by atoms with Crippen LogP contribution in [0, 0.1) is 5.82 Å².